The van der Waals surface area contributed by atoms with Crippen LogP contribution in [0.2, 0.25) is 0 Å². The average Bonchev–Trinajstić information content (AvgIpc) is 2.93. The molecule has 0 amide bonds. The number of nitrogens with zero attached hydrogens (tertiary/aromatic N) is 3. The van der Waals surface area contributed by atoms with Gasteiger partial charge in [-0.05, 0) is 18.2 Å². The number of ether oxygens (including phenoxy) is 1. The smallest absolute Gasteiger partial charge is 0.416 e. The number of halogens is 3. The van der Waals surface area contributed by atoms with Gasteiger partial charge in [-0.3, -0.25) is 4.21 Å². The van der Waals surface area contributed by atoms with Gasteiger partial charge in [0.15, 0.2) is 0 Å². The highest BCUT2D eigenvalue weighted by atomic mass is 32.2. The number of hydrogen-bond donors (Lipinski definition) is 1. The molecule has 0 bridgehead atoms. The van der Waals surface area contributed by atoms with Gasteiger partial charge in [-0.25, -0.2) is 9.67 Å². The van der Waals surface area contributed by atoms with Gasteiger partial charge in [0.05, 0.1) is 22.9 Å². The van der Waals surface area contributed by atoms with E-state index in [1.54, 1.807) is 0 Å². The molecule has 1 N–H and O–H groups in total. The van der Waals surface area contributed by atoms with Gasteiger partial charge in [-0.1, -0.05) is 6.07 Å². The molecule has 10 heteroatoms. The van der Waals surface area contributed by atoms with E-state index in [0.717, 1.165) is 12.1 Å². The van der Waals surface area contributed by atoms with E-state index in [1.165, 1.54) is 29.4 Å². The van der Waals surface area contributed by atoms with Crippen LogP contribution in [-0.4, -0.2) is 43.0 Å². The summed E-state index contributed by atoms with van der Waals surface area (Å²) in [5, 5.41) is 13.9. The van der Waals surface area contributed by atoms with E-state index in [2.05, 4.69) is 10.1 Å². The first-order valence-corrected chi connectivity index (χ1v) is 8.02. The largest absolute Gasteiger partial charge is 0.491 e. The topological polar surface area (TPSA) is 77.2 Å². The van der Waals surface area contributed by atoms with Crippen molar-refractivity contribution in [3.8, 4) is 5.75 Å². The Kier molecular flexibility index (Phi) is 5.37. The monoisotopic (exact) mass is 349 g/mol. The number of alkyl halides is 3. The maximum Gasteiger partial charge on any atom is 0.416 e. The lowest BCUT2D eigenvalue weighted by Gasteiger charge is -2.13. The zero-order valence-electron chi connectivity index (χ0n) is 12.0. The molecule has 126 valence electrons. The minimum absolute atomic E-state index is 0.00724. The summed E-state index contributed by atoms with van der Waals surface area (Å²) in [6, 6.07) is 4.40. The van der Waals surface area contributed by atoms with E-state index in [0.29, 0.717) is 0 Å². The SMILES string of the molecule is C[S@@](=O)c1ncn(C[C@@H](O)COc2cccc(C(F)(F)F)c2)n1. The minimum atomic E-state index is -4.45. The second kappa shape index (κ2) is 7.09. The fourth-order valence-electron chi connectivity index (χ4n) is 1.72. The summed E-state index contributed by atoms with van der Waals surface area (Å²) in [6.07, 6.45) is -2.73. The number of rotatable bonds is 6. The van der Waals surface area contributed by atoms with Crippen LogP contribution < -0.4 is 4.74 Å². The third kappa shape index (κ3) is 5.03. The first kappa shape index (κ1) is 17.4. The number of benzene rings is 1. The summed E-state index contributed by atoms with van der Waals surface area (Å²) in [6.45, 7) is -0.200. The Hall–Kier alpha value is -1.94. The van der Waals surface area contributed by atoms with Crippen LogP contribution in [0.25, 0.3) is 0 Å². The molecule has 0 fully saturated rings. The third-order valence-corrected chi connectivity index (χ3v) is 3.48. The summed E-state index contributed by atoms with van der Waals surface area (Å²) in [5.41, 5.74) is -0.823. The Balaban J connectivity index is 1.91. The van der Waals surface area contributed by atoms with Crippen molar-refractivity contribution >= 4 is 10.8 Å². The second-order valence-electron chi connectivity index (χ2n) is 4.69. The van der Waals surface area contributed by atoms with Crippen LogP contribution in [0.1, 0.15) is 5.56 Å². The second-order valence-corrected chi connectivity index (χ2v) is 5.97. The van der Waals surface area contributed by atoms with Gasteiger partial charge in [0, 0.05) is 6.26 Å². The zero-order chi connectivity index (χ0) is 17.0. The molecule has 1 heterocycles. The molecule has 0 spiro atoms. The lowest BCUT2D eigenvalue weighted by molar-refractivity contribution is -0.137. The van der Waals surface area contributed by atoms with Crippen LogP contribution in [0.15, 0.2) is 35.7 Å². The van der Waals surface area contributed by atoms with E-state index in [1.807, 2.05) is 0 Å². The predicted octanol–water partition coefficient (Wildman–Crippen LogP) is 1.47. The Morgan fingerprint density at radius 2 is 2.17 bits per heavy atom. The zero-order valence-corrected chi connectivity index (χ0v) is 12.8. The highest BCUT2D eigenvalue weighted by Gasteiger charge is 2.30. The van der Waals surface area contributed by atoms with Crippen LogP contribution in [-0.2, 0) is 23.5 Å². The molecule has 2 atom stereocenters. The van der Waals surface area contributed by atoms with Crippen LogP contribution in [0.3, 0.4) is 0 Å². The van der Waals surface area contributed by atoms with Gasteiger partial charge in [0.2, 0.25) is 5.16 Å². The molecule has 0 unspecified atom stereocenters. The maximum absolute atomic E-state index is 12.6. The molecule has 0 aliphatic carbocycles. The van der Waals surface area contributed by atoms with Gasteiger partial charge in [0.1, 0.15) is 24.8 Å². The van der Waals surface area contributed by atoms with E-state index in [-0.39, 0.29) is 24.1 Å². The Labute approximate surface area is 132 Å². The molecule has 6 nitrogen and oxygen atoms in total. The van der Waals surface area contributed by atoms with Gasteiger partial charge in [-0.15, -0.1) is 5.10 Å². The first-order chi connectivity index (χ1) is 10.8. The van der Waals surface area contributed by atoms with Crippen molar-refractivity contribution in [2.75, 3.05) is 12.9 Å². The van der Waals surface area contributed by atoms with Gasteiger partial charge >= 0.3 is 6.18 Å². The standard InChI is InChI=1S/C13H14F3N3O3S/c1-23(21)12-17-8-19(18-12)6-10(20)7-22-11-4-2-3-9(5-11)13(14,15)16/h2-5,8,10,20H,6-7H2,1H3/t10-,23-/m1/s1. The molecule has 0 aliphatic rings. The number of aromatic nitrogens is 3. The van der Waals surface area contributed by atoms with Crippen molar-refractivity contribution in [3.05, 3.63) is 36.2 Å². The molecule has 1 aromatic heterocycles. The summed E-state index contributed by atoms with van der Waals surface area (Å²) in [7, 11) is -1.33. The van der Waals surface area contributed by atoms with Crippen LogP contribution in [0, 0.1) is 0 Å². The Morgan fingerprint density at radius 1 is 1.43 bits per heavy atom. The number of aliphatic hydroxyl groups is 1. The highest BCUT2D eigenvalue weighted by Crippen LogP contribution is 2.31. The molecule has 2 rings (SSSR count). The molecule has 0 saturated heterocycles. The van der Waals surface area contributed by atoms with Crippen LogP contribution in [0.5, 0.6) is 5.75 Å². The summed E-state index contributed by atoms with van der Waals surface area (Å²) in [4.78, 5) is 3.80. The fourth-order valence-corrected chi connectivity index (χ4v) is 2.14. The van der Waals surface area contributed by atoms with E-state index in [4.69, 9.17) is 4.74 Å². The molecular formula is C13H14F3N3O3S. The highest BCUT2D eigenvalue weighted by molar-refractivity contribution is 7.84. The van der Waals surface area contributed by atoms with Crippen molar-refractivity contribution in [1.29, 1.82) is 0 Å². The molecule has 2 aromatic rings. The van der Waals surface area contributed by atoms with Crippen LogP contribution >= 0.6 is 0 Å². The fraction of sp³-hybridized carbons (Fsp3) is 0.385. The lowest BCUT2D eigenvalue weighted by Crippen LogP contribution is -2.24. The molecule has 0 aliphatic heterocycles. The van der Waals surface area contributed by atoms with Crippen molar-refractivity contribution in [2.24, 2.45) is 0 Å². The lowest BCUT2D eigenvalue weighted by atomic mass is 10.2. The molecule has 0 radical (unpaired) electrons. The van der Waals surface area contributed by atoms with Gasteiger partial charge < -0.3 is 9.84 Å². The van der Waals surface area contributed by atoms with Crippen molar-refractivity contribution in [2.45, 2.75) is 24.0 Å². The minimum Gasteiger partial charge on any atom is -0.491 e. The number of aliphatic hydroxyl groups excluding tert-OH is 1. The Bertz CT molecular complexity index is 690. The van der Waals surface area contributed by atoms with Crippen molar-refractivity contribution in [1.82, 2.24) is 14.8 Å². The summed E-state index contributed by atoms with van der Waals surface area (Å²) in [5.74, 6) is 0.00724. The van der Waals surface area contributed by atoms with Gasteiger partial charge in [0.25, 0.3) is 0 Å². The molecule has 1 aromatic carbocycles. The predicted molar refractivity (Wildman–Crippen MR) is 75.3 cm³/mol. The van der Waals surface area contributed by atoms with Crippen molar-refractivity contribution in [3.63, 3.8) is 0 Å². The van der Waals surface area contributed by atoms with Crippen LogP contribution in [0.4, 0.5) is 13.2 Å². The maximum atomic E-state index is 12.6. The number of hydrogen-bond acceptors (Lipinski definition) is 5. The summed E-state index contributed by atoms with van der Waals surface area (Å²) < 4.78 is 55.3. The van der Waals surface area contributed by atoms with E-state index in [9.17, 15) is 22.5 Å². The van der Waals surface area contributed by atoms with E-state index < -0.39 is 28.6 Å². The Morgan fingerprint density at radius 3 is 2.78 bits per heavy atom. The molecule has 0 saturated carbocycles. The average molecular weight is 349 g/mol. The first-order valence-electron chi connectivity index (χ1n) is 6.46. The normalized spacial score (nSPS) is 14.5. The molecule has 23 heavy (non-hydrogen) atoms. The third-order valence-electron chi connectivity index (χ3n) is 2.77. The summed E-state index contributed by atoms with van der Waals surface area (Å²) >= 11 is 0. The van der Waals surface area contributed by atoms with E-state index >= 15 is 0 Å². The quantitative estimate of drug-likeness (QED) is 0.855. The van der Waals surface area contributed by atoms with Crippen molar-refractivity contribution < 1.29 is 27.2 Å². The van der Waals surface area contributed by atoms with Gasteiger partial charge in [-0.2, -0.15) is 13.2 Å². The molecular weight excluding hydrogens is 335 g/mol.